The second-order valence-corrected chi connectivity index (χ2v) is 5.57. The van der Waals surface area contributed by atoms with Crippen molar-refractivity contribution in [2.24, 2.45) is 0 Å². The van der Waals surface area contributed by atoms with Crippen LogP contribution in [0.2, 0.25) is 0 Å². The number of amides is 1. The van der Waals surface area contributed by atoms with Gasteiger partial charge in [-0.25, -0.2) is 14.8 Å². The van der Waals surface area contributed by atoms with Crippen LogP contribution in [-0.4, -0.2) is 41.3 Å². The van der Waals surface area contributed by atoms with Crippen LogP contribution >= 0.6 is 11.8 Å². The first-order valence-corrected chi connectivity index (χ1v) is 7.86. The van der Waals surface area contributed by atoms with E-state index in [1.807, 2.05) is 31.4 Å². The maximum atomic E-state index is 11.6. The number of anilines is 2. The van der Waals surface area contributed by atoms with Crippen molar-refractivity contribution in [1.29, 1.82) is 0 Å². The zero-order valence-corrected chi connectivity index (χ0v) is 13.8. The van der Waals surface area contributed by atoms with Crippen LogP contribution in [-0.2, 0) is 0 Å². The van der Waals surface area contributed by atoms with Gasteiger partial charge >= 0.3 is 6.09 Å². The number of ether oxygens (including phenoxy) is 1. The molecule has 0 saturated carbocycles. The average Bonchev–Trinajstić information content (AvgIpc) is 2.46. The predicted octanol–water partition coefficient (Wildman–Crippen LogP) is 3.31. The number of benzene rings is 1. The number of rotatable bonds is 4. The van der Waals surface area contributed by atoms with Crippen molar-refractivity contribution < 1.29 is 9.53 Å². The summed E-state index contributed by atoms with van der Waals surface area (Å²) in [6, 6.07) is 9.02. The van der Waals surface area contributed by atoms with Gasteiger partial charge in [-0.2, -0.15) is 0 Å². The molecule has 2 rings (SSSR count). The van der Waals surface area contributed by atoms with Gasteiger partial charge in [0.1, 0.15) is 11.6 Å². The molecule has 22 heavy (non-hydrogen) atoms. The summed E-state index contributed by atoms with van der Waals surface area (Å²) < 4.78 is 5.23. The molecule has 7 heteroatoms. The Morgan fingerprint density at radius 3 is 2.73 bits per heavy atom. The summed E-state index contributed by atoms with van der Waals surface area (Å²) in [5, 5.41) is 3.90. The molecule has 0 unspecified atom stereocenters. The molecule has 2 aromatic rings. The van der Waals surface area contributed by atoms with Gasteiger partial charge in [-0.1, -0.05) is 17.8 Å². The molecule has 0 radical (unpaired) electrons. The second-order valence-electron chi connectivity index (χ2n) is 4.80. The molecule has 0 bridgehead atoms. The lowest BCUT2D eigenvalue weighted by atomic mass is 10.3. The Morgan fingerprint density at radius 2 is 2.05 bits per heavy atom. The standard InChI is InChI=1S/C15H18N4O2S/c1-10-8-13(18-14(16-10)22-4)17-11-6-5-7-12(9-11)21-15(20)19(2)3/h5-9H,1-4H3,(H,16,17,18). The van der Waals surface area contributed by atoms with E-state index < -0.39 is 6.09 Å². The minimum atomic E-state index is -0.417. The minimum Gasteiger partial charge on any atom is -0.410 e. The van der Waals surface area contributed by atoms with E-state index >= 15 is 0 Å². The van der Waals surface area contributed by atoms with E-state index in [0.717, 1.165) is 11.4 Å². The maximum absolute atomic E-state index is 11.6. The molecular formula is C15H18N4O2S. The van der Waals surface area contributed by atoms with Crippen LogP contribution in [0.4, 0.5) is 16.3 Å². The highest BCUT2D eigenvalue weighted by molar-refractivity contribution is 7.98. The van der Waals surface area contributed by atoms with Crippen molar-refractivity contribution in [3.05, 3.63) is 36.0 Å². The average molecular weight is 318 g/mol. The Morgan fingerprint density at radius 1 is 1.27 bits per heavy atom. The number of nitrogens with one attached hydrogen (secondary N) is 1. The molecule has 0 saturated heterocycles. The van der Waals surface area contributed by atoms with Gasteiger partial charge in [0.2, 0.25) is 0 Å². The molecule has 1 amide bonds. The Balaban J connectivity index is 2.16. The van der Waals surface area contributed by atoms with Gasteiger partial charge in [0.15, 0.2) is 5.16 Å². The molecule has 0 aliphatic carbocycles. The van der Waals surface area contributed by atoms with Gasteiger partial charge in [-0.3, -0.25) is 0 Å². The number of nitrogens with zero attached hydrogens (tertiary/aromatic N) is 3. The third-order valence-electron chi connectivity index (χ3n) is 2.69. The highest BCUT2D eigenvalue weighted by Gasteiger charge is 2.08. The van der Waals surface area contributed by atoms with E-state index in [0.29, 0.717) is 16.7 Å². The quantitative estimate of drug-likeness (QED) is 0.689. The molecule has 6 nitrogen and oxygen atoms in total. The number of carbonyl (C=O) groups is 1. The fraction of sp³-hybridized carbons (Fsp3) is 0.267. The van der Waals surface area contributed by atoms with Crippen LogP contribution in [0.3, 0.4) is 0 Å². The van der Waals surface area contributed by atoms with E-state index in [2.05, 4.69) is 15.3 Å². The van der Waals surface area contributed by atoms with E-state index in [-0.39, 0.29) is 0 Å². The number of aromatic nitrogens is 2. The first kappa shape index (κ1) is 16.1. The number of thioether (sulfide) groups is 1. The van der Waals surface area contributed by atoms with Crippen LogP contribution < -0.4 is 10.1 Å². The zero-order chi connectivity index (χ0) is 16.1. The molecule has 0 aliphatic rings. The van der Waals surface area contributed by atoms with Crippen LogP contribution in [0.15, 0.2) is 35.5 Å². The van der Waals surface area contributed by atoms with Gasteiger partial charge < -0.3 is 15.0 Å². The largest absolute Gasteiger partial charge is 0.414 e. The molecule has 1 heterocycles. The van der Waals surface area contributed by atoms with Crippen molar-refractivity contribution in [2.45, 2.75) is 12.1 Å². The van der Waals surface area contributed by atoms with Gasteiger partial charge in [-0.15, -0.1) is 0 Å². The van der Waals surface area contributed by atoms with Crippen LogP contribution in [0, 0.1) is 6.92 Å². The summed E-state index contributed by atoms with van der Waals surface area (Å²) in [6.07, 6.45) is 1.51. The molecule has 1 aromatic carbocycles. The summed E-state index contributed by atoms with van der Waals surface area (Å²) in [5.74, 6) is 1.17. The van der Waals surface area contributed by atoms with Crippen molar-refractivity contribution in [3.8, 4) is 5.75 Å². The summed E-state index contributed by atoms with van der Waals surface area (Å²) in [4.78, 5) is 21.6. The molecular weight excluding hydrogens is 300 g/mol. The Bertz CT molecular complexity index is 676. The third kappa shape index (κ3) is 4.36. The van der Waals surface area contributed by atoms with Crippen molar-refractivity contribution in [3.63, 3.8) is 0 Å². The van der Waals surface area contributed by atoms with Gasteiger partial charge in [-0.05, 0) is 25.3 Å². The first-order valence-electron chi connectivity index (χ1n) is 6.64. The molecule has 0 fully saturated rings. The predicted molar refractivity (Wildman–Crippen MR) is 88.0 cm³/mol. The molecule has 1 N–H and O–H groups in total. The van der Waals surface area contributed by atoms with Crippen LogP contribution in [0.25, 0.3) is 0 Å². The van der Waals surface area contributed by atoms with Crippen LogP contribution in [0.5, 0.6) is 5.75 Å². The van der Waals surface area contributed by atoms with Crippen LogP contribution in [0.1, 0.15) is 5.69 Å². The number of hydrogen-bond donors (Lipinski definition) is 1. The fourth-order valence-corrected chi connectivity index (χ4v) is 2.10. The number of hydrogen-bond acceptors (Lipinski definition) is 6. The lowest BCUT2D eigenvalue weighted by Gasteiger charge is -2.12. The first-order chi connectivity index (χ1) is 10.5. The maximum Gasteiger partial charge on any atom is 0.414 e. The Kier molecular flexibility index (Phi) is 5.21. The van der Waals surface area contributed by atoms with E-state index in [1.165, 1.54) is 16.7 Å². The van der Waals surface area contributed by atoms with Gasteiger partial charge in [0.05, 0.1) is 0 Å². The molecule has 116 valence electrons. The van der Waals surface area contributed by atoms with Gasteiger partial charge in [0, 0.05) is 37.6 Å². The Labute approximate surface area is 133 Å². The van der Waals surface area contributed by atoms with Crippen molar-refractivity contribution >= 4 is 29.4 Å². The smallest absolute Gasteiger partial charge is 0.410 e. The number of carbonyl (C=O) groups excluding carboxylic acids is 1. The van der Waals surface area contributed by atoms with Gasteiger partial charge in [0.25, 0.3) is 0 Å². The van der Waals surface area contributed by atoms with E-state index in [1.54, 1.807) is 26.2 Å². The number of aryl methyl sites for hydroxylation is 1. The summed E-state index contributed by atoms with van der Waals surface area (Å²) in [5.41, 5.74) is 1.67. The minimum absolute atomic E-state index is 0.417. The van der Waals surface area contributed by atoms with E-state index in [4.69, 9.17) is 4.74 Å². The topological polar surface area (TPSA) is 67.4 Å². The third-order valence-corrected chi connectivity index (χ3v) is 3.24. The van der Waals surface area contributed by atoms with Crippen molar-refractivity contribution in [2.75, 3.05) is 25.7 Å². The monoisotopic (exact) mass is 318 g/mol. The highest BCUT2D eigenvalue weighted by Crippen LogP contribution is 2.22. The molecule has 0 spiro atoms. The second kappa shape index (κ2) is 7.13. The lowest BCUT2D eigenvalue weighted by molar-refractivity contribution is 0.172. The van der Waals surface area contributed by atoms with Crippen molar-refractivity contribution in [1.82, 2.24) is 14.9 Å². The molecule has 0 atom stereocenters. The van der Waals surface area contributed by atoms with E-state index in [9.17, 15) is 4.79 Å². The summed E-state index contributed by atoms with van der Waals surface area (Å²) in [7, 11) is 3.27. The fourth-order valence-electron chi connectivity index (χ4n) is 1.67. The summed E-state index contributed by atoms with van der Waals surface area (Å²) >= 11 is 1.49. The molecule has 0 aliphatic heterocycles. The highest BCUT2D eigenvalue weighted by atomic mass is 32.2. The SMILES string of the molecule is CSc1nc(C)cc(Nc2cccc(OC(=O)N(C)C)c2)n1. The zero-order valence-electron chi connectivity index (χ0n) is 13.0. The molecule has 1 aromatic heterocycles. The normalized spacial score (nSPS) is 10.2. The summed E-state index contributed by atoms with van der Waals surface area (Å²) in [6.45, 7) is 1.92. The lowest BCUT2D eigenvalue weighted by Crippen LogP contribution is -2.25. The Hall–Kier alpha value is -2.28.